The maximum Gasteiger partial charge on any atom is 0.232 e. The lowest BCUT2D eigenvalue weighted by Crippen LogP contribution is -2.43. The lowest BCUT2D eigenvalue weighted by molar-refractivity contribution is -0.130. The van der Waals surface area contributed by atoms with E-state index in [1.165, 1.54) is 38.5 Å². The summed E-state index contributed by atoms with van der Waals surface area (Å²) >= 11 is 1.88. The van der Waals surface area contributed by atoms with Crippen LogP contribution in [0.3, 0.4) is 0 Å². The van der Waals surface area contributed by atoms with Crippen molar-refractivity contribution in [3.63, 3.8) is 0 Å². The van der Waals surface area contributed by atoms with E-state index in [-0.39, 0.29) is 0 Å². The Kier molecular flexibility index (Phi) is 6.21. The number of nitrogens with zero attached hydrogens (tertiary/aromatic N) is 1. The van der Waals surface area contributed by atoms with Gasteiger partial charge >= 0.3 is 0 Å². The number of piperidine rings is 2. The molecule has 0 unspecified atom stereocenters. The molecule has 3 nitrogen and oxygen atoms in total. The fourth-order valence-corrected chi connectivity index (χ4v) is 4.56. The van der Waals surface area contributed by atoms with Crippen molar-refractivity contribution in [3.05, 3.63) is 0 Å². The van der Waals surface area contributed by atoms with Crippen molar-refractivity contribution in [2.24, 2.45) is 5.41 Å². The second-order valence-corrected chi connectivity index (χ2v) is 7.64. The zero-order valence-corrected chi connectivity index (χ0v) is 13.9. The molecule has 2 aliphatic rings. The summed E-state index contributed by atoms with van der Waals surface area (Å²) in [6.07, 6.45) is 7.34. The van der Waals surface area contributed by atoms with E-state index in [9.17, 15) is 4.79 Å². The fraction of sp³-hybridized carbons (Fsp3) is 0.938. The van der Waals surface area contributed by atoms with Gasteiger partial charge in [0, 0.05) is 18.3 Å². The van der Waals surface area contributed by atoms with E-state index in [0.717, 1.165) is 26.2 Å². The Bertz CT molecular complexity index is 302. The van der Waals surface area contributed by atoms with Crippen LogP contribution in [0.1, 0.15) is 52.4 Å². The minimum Gasteiger partial charge on any atom is -0.342 e. The van der Waals surface area contributed by atoms with Gasteiger partial charge in [-0.1, -0.05) is 26.7 Å². The highest BCUT2D eigenvalue weighted by Crippen LogP contribution is 2.38. The molecule has 4 heteroatoms. The largest absolute Gasteiger partial charge is 0.342 e. The van der Waals surface area contributed by atoms with Crippen LogP contribution < -0.4 is 5.32 Å². The number of carbonyl (C=O) groups excluding carboxylic acids is 1. The van der Waals surface area contributed by atoms with Gasteiger partial charge in [-0.15, -0.1) is 11.8 Å². The molecule has 0 bridgehead atoms. The zero-order valence-electron chi connectivity index (χ0n) is 13.1. The molecule has 20 heavy (non-hydrogen) atoms. The van der Waals surface area contributed by atoms with E-state index in [1.807, 2.05) is 11.8 Å². The van der Waals surface area contributed by atoms with E-state index in [4.69, 9.17) is 0 Å². The second-order valence-electron chi connectivity index (χ2n) is 6.35. The summed E-state index contributed by atoms with van der Waals surface area (Å²) in [7, 11) is 0. The molecule has 2 aliphatic heterocycles. The van der Waals surface area contributed by atoms with Crippen LogP contribution in [-0.2, 0) is 4.79 Å². The third-order valence-corrected chi connectivity index (χ3v) is 6.76. The van der Waals surface area contributed by atoms with Gasteiger partial charge in [-0.2, -0.15) is 0 Å². The van der Waals surface area contributed by atoms with E-state index >= 15 is 0 Å². The normalized spacial score (nSPS) is 23.8. The third kappa shape index (κ3) is 4.14. The second kappa shape index (κ2) is 7.69. The van der Waals surface area contributed by atoms with Gasteiger partial charge in [0.05, 0.1) is 5.75 Å². The monoisotopic (exact) mass is 298 g/mol. The Balaban J connectivity index is 1.71. The van der Waals surface area contributed by atoms with Gasteiger partial charge in [0.1, 0.15) is 0 Å². The molecule has 0 atom stereocenters. The van der Waals surface area contributed by atoms with E-state index < -0.39 is 0 Å². The van der Waals surface area contributed by atoms with Crippen molar-refractivity contribution in [3.8, 4) is 0 Å². The first-order valence-electron chi connectivity index (χ1n) is 8.29. The Hall–Kier alpha value is -0.220. The van der Waals surface area contributed by atoms with Crippen molar-refractivity contribution in [2.45, 2.75) is 57.6 Å². The molecule has 2 fully saturated rings. The van der Waals surface area contributed by atoms with Gasteiger partial charge in [0.2, 0.25) is 5.91 Å². The SMILES string of the molecule is CCC1(CC)CCN(C(=O)CSC2CCNCC2)CC1. The minimum atomic E-state index is 0.370. The smallest absolute Gasteiger partial charge is 0.232 e. The maximum atomic E-state index is 12.3. The number of likely N-dealkylation sites (tertiary alicyclic amines) is 1. The Morgan fingerprint density at radius 2 is 1.80 bits per heavy atom. The number of hydrogen-bond donors (Lipinski definition) is 1. The minimum absolute atomic E-state index is 0.370. The van der Waals surface area contributed by atoms with Crippen molar-refractivity contribution < 1.29 is 4.79 Å². The van der Waals surface area contributed by atoms with Crippen LogP contribution in [-0.4, -0.2) is 48.0 Å². The predicted molar refractivity (Wildman–Crippen MR) is 87.2 cm³/mol. The lowest BCUT2D eigenvalue weighted by Gasteiger charge is -2.41. The molecule has 0 aromatic heterocycles. The number of thioether (sulfide) groups is 1. The highest BCUT2D eigenvalue weighted by atomic mass is 32.2. The fourth-order valence-electron chi connectivity index (χ4n) is 3.43. The molecule has 1 N–H and O–H groups in total. The van der Waals surface area contributed by atoms with Gasteiger partial charge < -0.3 is 10.2 Å². The summed E-state index contributed by atoms with van der Waals surface area (Å²) in [5, 5.41) is 4.07. The molecule has 0 aromatic rings. The van der Waals surface area contributed by atoms with Crippen LogP contribution in [0.25, 0.3) is 0 Å². The summed E-state index contributed by atoms with van der Waals surface area (Å²) in [5.74, 6) is 1.06. The highest BCUT2D eigenvalue weighted by Gasteiger charge is 2.32. The van der Waals surface area contributed by atoms with Gasteiger partial charge in [-0.25, -0.2) is 0 Å². The number of carbonyl (C=O) groups is 1. The summed E-state index contributed by atoms with van der Waals surface area (Å²) in [5.41, 5.74) is 0.513. The Morgan fingerprint density at radius 1 is 1.20 bits per heavy atom. The Labute approximate surface area is 128 Å². The zero-order chi connectivity index (χ0) is 14.4. The summed E-state index contributed by atoms with van der Waals surface area (Å²) in [6.45, 7) is 8.79. The summed E-state index contributed by atoms with van der Waals surface area (Å²) in [6, 6.07) is 0. The van der Waals surface area contributed by atoms with Crippen LogP contribution in [0.15, 0.2) is 0 Å². The maximum absolute atomic E-state index is 12.3. The highest BCUT2D eigenvalue weighted by molar-refractivity contribution is 8.00. The average molecular weight is 298 g/mol. The molecule has 0 spiro atoms. The molecule has 2 rings (SSSR count). The number of nitrogens with one attached hydrogen (secondary N) is 1. The molecule has 1 amide bonds. The molecule has 2 heterocycles. The van der Waals surface area contributed by atoms with E-state index in [1.54, 1.807) is 0 Å². The molecule has 0 radical (unpaired) electrons. The van der Waals surface area contributed by atoms with Gasteiger partial charge in [-0.3, -0.25) is 4.79 Å². The molecule has 0 aliphatic carbocycles. The summed E-state index contributed by atoms with van der Waals surface area (Å²) < 4.78 is 0. The standard InChI is InChI=1S/C16H30N2OS/c1-3-16(4-2)7-11-18(12-8-16)15(19)13-20-14-5-9-17-10-6-14/h14,17H,3-13H2,1-2H3. The molecular weight excluding hydrogens is 268 g/mol. The van der Waals surface area contributed by atoms with Crippen molar-refractivity contribution in [1.82, 2.24) is 10.2 Å². The molecule has 2 saturated heterocycles. The molecule has 0 aromatic carbocycles. The van der Waals surface area contributed by atoms with Crippen LogP contribution in [0.5, 0.6) is 0 Å². The predicted octanol–water partition coefficient (Wildman–Crippen LogP) is 2.90. The van der Waals surface area contributed by atoms with Gasteiger partial charge in [-0.05, 0) is 44.2 Å². The molecule has 0 saturated carbocycles. The quantitative estimate of drug-likeness (QED) is 0.847. The van der Waals surface area contributed by atoms with E-state index in [2.05, 4.69) is 24.1 Å². The Morgan fingerprint density at radius 3 is 2.35 bits per heavy atom. The third-order valence-electron chi connectivity index (χ3n) is 5.41. The van der Waals surface area contributed by atoms with Crippen LogP contribution >= 0.6 is 11.8 Å². The average Bonchev–Trinajstić information content (AvgIpc) is 2.53. The lowest BCUT2D eigenvalue weighted by atomic mass is 9.74. The molecular formula is C16H30N2OS. The van der Waals surface area contributed by atoms with E-state index in [0.29, 0.717) is 22.3 Å². The van der Waals surface area contributed by atoms with Crippen molar-refractivity contribution >= 4 is 17.7 Å². The number of amides is 1. The first-order chi connectivity index (χ1) is 9.69. The summed E-state index contributed by atoms with van der Waals surface area (Å²) in [4.78, 5) is 14.4. The van der Waals surface area contributed by atoms with Crippen molar-refractivity contribution in [2.75, 3.05) is 31.9 Å². The van der Waals surface area contributed by atoms with Crippen LogP contribution in [0.4, 0.5) is 0 Å². The number of hydrogen-bond acceptors (Lipinski definition) is 3. The van der Waals surface area contributed by atoms with Crippen LogP contribution in [0.2, 0.25) is 0 Å². The molecule has 116 valence electrons. The first-order valence-corrected chi connectivity index (χ1v) is 9.34. The van der Waals surface area contributed by atoms with Gasteiger partial charge in [0.15, 0.2) is 0 Å². The number of rotatable bonds is 5. The van der Waals surface area contributed by atoms with Gasteiger partial charge in [0.25, 0.3) is 0 Å². The first kappa shape index (κ1) is 16.2. The van der Waals surface area contributed by atoms with Crippen LogP contribution in [0, 0.1) is 5.41 Å². The van der Waals surface area contributed by atoms with Crippen molar-refractivity contribution in [1.29, 1.82) is 0 Å². The topological polar surface area (TPSA) is 32.3 Å².